The van der Waals surface area contributed by atoms with Crippen LogP contribution in [0, 0.1) is 0 Å². The van der Waals surface area contributed by atoms with Crippen LogP contribution in [-0.4, -0.2) is 72.6 Å². The van der Waals surface area contributed by atoms with Gasteiger partial charge in [0.15, 0.2) is 23.2 Å². The standard InChI is InChI=1S/C19H17F3N6O5/c20-19(21,22)18(32)28(16(31)9-4-2-1-3-5-9)15-12-14(24-7-25-15)27(8-26-12)17-11(23)13(30)10(6-29)33-17/h1-5,7-8,10-11,13,17,29-30H,6,23H2/t10-,11?,13?,17-/m1/s1. The van der Waals surface area contributed by atoms with Crippen molar-refractivity contribution < 1.29 is 37.7 Å². The Kier molecular flexibility index (Phi) is 5.84. The summed E-state index contributed by atoms with van der Waals surface area (Å²) in [5.41, 5.74) is 5.36. The van der Waals surface area contributed by atoms with E-state index < -0.39 is 54.9 Å². The average Bonchev–Trinajstić information content (AvgIpc) is 3.35. The largest absolute Gasteiger partial charge is 0.472 e. The molecule has 0 bridgehead atoms. The van der Waals surface area contributed by atoms with Gasteiger partial charge in [-0.3, -0.25) is 14.2 Å². The summed E-state index contributed by atoms with van der Waals surface area (Å²) in [5, 5.41) is 19.4. The lowest BCUT2D eigenvalue weighted by Gasteiger charge is -2.21. The highest BCUT2D eigenvalue weighted by Gasteiger charge is 2.47. The molecule has 1 fully saturated rings. The normalized spacial score (nSPS) is 23.1. The fraction of sp³-hybridized carbons (Fsp3) is 0.316. The molecule has 1 aliphatic heterocycles. The molecule has 1 aliphatic rings. The molecule has 1 saturated heterocycles. The predicted molar refractivity (Wildman–Crippen MR) is 105 cm³/mol. The predicted octanol–water partition coefficient (Wildman–Crippen LogP) is 0.140. The Hall–Kier alpha value is -3.46. The zero-order chi connectivity index (χ0) is 23.9. The number of hydrogen-bond donors (Lipinski definition) is 3. The van der Waals surface area contributed by atoms with E-state index in [0.717, 1.165) is 12.7 Å². The lowest BCUT2D eigenvalue weighted by molar-refractivity contribution is -0.169. The lowest BCUT2D eigenvalue weighted by atomic mass is 10.1. The first-order chi connectivity index (χ1) is 15.6. The van der Waals surface area contributed by atoms with Gasteiger partial charge in [-0.25, -0.2) is 19.9 Å². The molecule has 2 unspecified atom stereocenters. The van der Waals surface area contributed by atoms with Crippen molar-refractivity contribution in [1.82, 2.24) is 19.5 Å². The van der Waals surface area contributed by atoms with Crippen molar-refractivity contribution in [3.8, 4) is 0 Å². The van der Waals surface area contributed by atoms with Gasteiger partial charge in [0.25, 0.3) is 5.91 Å². The molecular weight excluding hydrogens is 449 g/mol. The summed E-state index contributed by atoms with van der Waals surface area (Å²) in [5.74, 6) is -4.42. The Morgan fingerprint density at radius 3 is 2.48 bits per heavy atom. The number of aromatic nitrogens is 4. The van der Waals surface area contributed by atoms with Gasteiger partial charge >= 0.3 is 12.1 Å². The summed E-state index contributed by atoms with van der Waals surface area (Å²) < 4.78 is 46.9. The highest BCUT2D eigenvalue weighted by atomic mass is 19.4. The minimum Gasteiger partial charge on any atom is -0.394 e. The molecule has 0 aliphatic carbocycles. The number of ether oxygens (including phenoxy) is 1. The number of aliphatic hydroxyl groups is 2. The first-order valence-corrected chi connectivity index (χ1v) is 9.53. The molecule has 0 saturated carbocycles. The van der Waals surface area contributed by atoms with Crippen LogP contribution in [0.3, 0.4) is 0 Å². The lowest BCUT2D eigenvalue weighted by Crippen LogP contribution is -2.45. The SMILES string of the molecule is NC1C(O)[C@@H](CO)O[C@H]1n1cnc2c(N(C(=O)c3ccccc3)C(=O)C(F)(F)F)ncnc21. The highest BCUT2D eigenvalue weighted by Crippen LogP contribution is 2.33. The number of benzene rings is 1. The topological polar surface area (TPSA) is 157 Å². The summed E-state index contributed by atoms with van der Waals surface area (Å²) in [6.45, 7) is -0.530. The van der Waals surface area contributed by atoms with Crippen molar-refractivity contribution in [1.29, 1.82) is 0 Å². The molecular formula is C19H17F3N6O5. The van der Waals surface area contributed by atoms with E-state index in [4.69, 9.17) is 10.5 Å². The number of hydrogen-bond acceptors (Lipinski definition) is 9. The number of nitrogens with zero attached hydrogens (tertiary/aromatic N) is 5. The molecule has 1 aromatic carbocycles. The van der Waals surface area contributed by atoms with Gasteiger partial charge in [0.2, 0.25) is 0 Å². The third-order valence-corrected chi connectivity index (χ3v) is 5.09. The Bertz CT molecular complexity index is 1190. The number of alkyl halides is 3. The number of imide groups is 1. The molecule has 174 valence electrons. The maximum atomic E-state index is 13.4. The quantitative estimate of drug-likeness (QED) is 0.487. The molecule has 0 spiro atoms. The fourth-order valence-corrected chi connectivity index (χ4v) is 3.48. The van der Waals surface area contributed by atoms with Gasteiger partial charge in [0.05, 0.1) is 19.0 Å². The number of fused-ring (bicyclic) bond motifs is 1. The van der Waals surface area contributed by atoms with Crippen LogP contribution in [0.1, 0.15) is 16.6 Å². The second-order valence-corrected chi connectivity index (χ2v) is 7.15. The molecule has 2 amide bonds. The second-order valence-electron chi connectivity index (χ2n) is 7.15. The maximum absolute atomic E-state index is 13.4. The van der Waals surface area contributed by atoms with Gasteiger partial charge in [0.1, 0.15) is 18.5 Å². The third-order valence-electron chi connectivity index (χ3n) is 5.09. The summed E-state index contributed by atoms with van der Waals surface area (Å²) in [4.78, 5) is 36.7. The number of aliphatic hydroxyl groups excluding tert-OH is 2. The van der Waals surface area contributed by atoms with Crippen LogP contribution in [-0.2, 0) is 9.53 Å². The molecule has 4 rings (SSSR count). The number of carbonyl (C=O) groups excluding carboxylic acids is 2. The Morgan fingerprint density at radius 1 is 1.18 bits per heavy atom. The van der Waals surface area contributed by atoms with Crippen molar-refractivity contribution in [3.63, 3.8) is 0 Å². The molecule has 0 radical (unpaired) electrons. The van der Waals surface area contributed by atoms with Gasteiger partial charge in [-0.2, -0.15) is 13.2 Å². The van der Waals surface area contributed by atoms with Crippen LogP contribution in [0.4, 0.5) is 19.0 Å². The number of halogens is 3. The van der Waals surface area contributed by atoms with Crippen LogP contribution < -0.4 is 10.6 Å². The summed E-state index contributed by atoms with van der Waals surface area (Å²) in [7, 11) is 0. The summed E-state index contributed by atoms with van der Waals surface area (Å²) in [6.07, 6.45) is -6.75. The number of imidazole rings is 1. The van der Waals surface area contributed by atoms with Crippen LogP contribution in [0.25, 0.3) is 11.2 Å². The van der Waals surface area contributed by atoms with Crippen LogP contribution in [0.5, 0.6) is 0 Å². The van der Waals surface area contributed by atoms with E-state index in [9.17, 15) is 33.0 Å². The van der Waals surface area contributed by atoms with Crippen molar-refractivity contribution in [2.24, 2.45) is 5.73 Å². The van der Waals surface area contributed by atoms with E-state index in [0.29, 0.717) is 0 Å². The van der Waals surface area contributed by atoms with Crippen LogP contribution in [0.2, 0.25) is 0 Å². The summed E-state index contributed by atoms with van der Waals surface area (Å²) >= 11 is 0. The second kappa shape index (κ2) is 8.47. The zero-order valence-corrected chi connectivity index (χ0v) is 16.6. The monoisotopic (exact) mass is 466 g/mol. The molecule has 3 aromatic rings. The number of amides is 2. The average molecular weight is 466 g/mol. The van der Waals surface area contributed by atoms with E-state index in [2.05, 4.69) is 15.0 Å². The minimum absolute atomic E-state index is 0.105. The van der Waals surface area contributed by atoms with Crippen molar-refractivity contribution >= 4 is 28.8 Å². The number of anilines is 1. The first kappa shape index (κ1) is 22.7. The first-order valence-electron chi connectivity index (χ1n) is 9.53. The van der Waals surface area contributed by atoms with Crippen molar-refractivity contribution in [3.05, 3.63) is 48.5 Å². The molecule has 2 aromatic heterocycles. The van der Waals surface area contributed by atoms with Crippen LogP contribution in [0.15, 0.2) is 43.0 Å². The Balaban J connectivity index is 1.83. The van der Waals surface area contributed by atoms with Crippen molar-refractivity contribution in [2.45, 2.75) is 30.7 Å². The number of rotatable bonds is 4. The zero-order valence-electron chi connectivity index (χ0n) is 16.6. The fourth-order valence-electron chi connectivity index (χ4n) is 3.48. The van der Waals surface area contributed by atoms with E-state index in [1.807, 2.05) is 0 Å². The van der Waals surface area contributed by atoms with Gasteiger partial charge in [0, 0.05) is 5.56 Å². The molecule has 4 atom stereocenters. The van der Waals surface area contributed by atoms with Crippen LogP contribution >= 0.6 is 0 Å². The molecule has 3 heterocycles. The smallest absolute Gasteiger partial charge is 0.394 e. The van der Waals surface area contributed by atoms with Gasteiger partial charge in [-0.15, -0.1) is 0 Å². The Morgan fingerprint density at radius 2 is 1.88 bits per heavy atom. The van der Waals surface area contributed by atoms with E-state index >= 15 is 0 Å². The molecule has 4 N–H and O–H groups in total. The van der Waals surface area contributed by atoms with Gasteiger partial charge in [-0.05, 0) is 12.1 Å². The van der Waals surface area contributed by atoms with Crippen molar-refractivity contribution in [2.75, 3.05) is 11.5 Å². The number of carbonyl (C=O) groups is 2. The highest BCUT2D eigenvalue weighted by molar-refractivity contribution is 6.23. The van der Waals surface area contributed by atoms with E-state index in [-0.39, 0.29) is 21.6 Å². The third kappa shape index (κ3) is 3.93. The maximum Gasteiger partial charge on any atom is 0.472 e. The van der Waals surface area contributed by atoms with Gasteiger partial charge in [-0.1, -0.05) is 18.2 Å². The molecule has 14 heteroatoms. The van der Waals surface area contributed by atoms with Gasteiger partial charge < -0.3 is 20.7 Å². The Labute approximate surface area is 183 Å². The summed E-state index contributed by atoms with van der Waals surface area (Å²) in [6, 6.07) is 5.87. The van der Waals surface area contributed by atoms with E-state index in [1.165, 1.54) is 28.8 Å². The molecule has 11 nitrogen and oxygen atoms in total. The minimum atomic E-state index is -5.39. The number of nitrogens with two attached hydrogens (primary N) is 1. The van der Waals surface area contributed by atoms with E-state index in [1.54, 1.807) is 6.07 Å². The molecule has 33 heavy (non-hydrogen) atoms.